The van der Waals surface area contributed by atoms with E-state index in [2.05, 4.69) is 44.4 Å². The van der Waals surface area contributed by atoms with Crippen LogP contribution in [0, 0.1) is 5.92 Å². The van der Waals surface area contributed by atoms with E-state index in [9.17, 15) is 0 Å². The molecule has 0 amide bonds. The predicted molar refractivity (Wildman–Crippen MR) is 76.0 cm³/mol. The van der Waals surface area contributed by atoms with Crippen molar-refractivity contribution in [3.8, 4) is 0 Å². The van der Waals surface area contributed by atoms with E-state index >= 15 is 0 Å². The molecule has 0 bridgehead atoms. The minimum absolute atomic E-state index is 0.348. The maximum Gasteiger partial charge on any atom is 0.231 e. The third-order valence-electron chi connectivity index (χ3n) is 3.62. The predicted octanol–water partition coefficient (Wildman–Crippen LogP) is 2.75. The number of nitrogens with one attached hydrogen (secondary N) is 1. The fraction of sp³-hybridized carbons (Fsp3) is 0.429. The van der Waals surface area contributed by atoms with Gasteiger partial charge in [0.15, 0.2) is 5.82 Å². The average Bonchev–Trinajstić information content (AvgIpc) is 3.01. The Morgan fingerprint density at radius 3 is 2.95 bits per heavy atom. The molecular formula is C14H16BrN3O. The van der Waals surface area contributed by atoms with E-state index < -0.39 is 0 Å². The van der Waals surface area contributed by atoms with E-state index in [1.807, 2.05) is 18.2 Å². The second kappa shape index (κ2) is 5.43. The maximum atomic E-state index is 5.41. The molecule has 100 valence electrons. The van der Waals surface area contributed by atoms with Gasteiger partial charge < -0.3 is 9.84 Å². The summed E-state index contributed by atoms with van der Waals surface area (Å²) in [5.74, 6) is 2.41. The number of halogens is 1. The number of hydrogen-bond acceptors (Lipinski definition) is 4. The lowest BCUT2D eigenvalue weighted by Crippen LogP contribution is -2.08. The van der Waals surface area contributed by atoms with Gasteiger partial charge in [0.05, 0.1) is 5.92 Å². The summed E-state index contributed by atoms with van der Waals surface area (Å²) in [5.41, 5.74) is 1.17. The molecule has 1 aromatic carbocycles. The standard InChI is InChI=1S/C14H16BrN3O/c1-9-7-16-8-11(9)14-17-13(18-19-14)6-10-4-2-3-5-12(10)15/h2-5,9,11,16H,6-8H2,1H3. The molecule has 4 nitrogen and oxygen atoms in total. The first-order valence-corrected chi connectivity index (χ1v) is 7.30. The van der Waals surface area contributed by atoms with Crippen LogP contribution >= 0.6 is 15.9 Å². The minimum atomic E-state index is 0.348. The molecule has 3 rings (SSSR count). The van der Waals surface area contributed by atoms with E-state index in [1.54, 1.807) is 0 Å². The van der Waals surface area contributed by atoms with Gasteiger partial charge in [0, 0.05) is 17.4 Å². The fourth-order valence-corrected chi connectivity index (χ4v) is 2.87. The van der Waals surface area contributed by atoms with Crippen LogP contribution in [0.1, 0.15) is 30.1 Å². The van der Waals surface area contributed by atoms with Crippen LogP contribution in [0.15, 0.2) is 33.3 Å². The Kier molecular flexibility index (Phi) is 3.66. The van der Waals surface area contributed by atoms with Crippen LogP contribution in [0.4, 0.5) is 0 Å². The lowest BCUT2D eigenvalue weighted by molar-refractivity contribution is 0.337. The number of hydrogen-bond donors (Lipinski definition) is 1. The van der Waals surface area contributed by atoms with Crippen LogP contribution < -0.4 is 5.32 Å². The Balaban J connectivity index is 1.77. The molecule has 1 saturated heterocycles. The van der Waals surface area contributed by atoms with Crippen LogP contribution in [0.25, 0.3) is 0 Å². The van der Waals surface area contributed by atoms with Crippen LogP contribution in [0.2, 0.25) is 0 Å². The molecule has 1 aliphatic rings. The largest absolute Gasteiger partial charge is 0.339 e. The average molecular weight is 322 g/mol. The van der Waals surface area contributed by atoms with Gasteiger partial charge in [-0.2, -0.15) is 4.98 Å². The molecule has 0 radical (unpaired) electrons. The minimum Gasteiger partial charge on any atom is -0.339 e. The van der Waals surface area contributed by atoms with Gasteiger partial charge in [-0.05, 0) is 24.1 Å². The highest BCUT2D eigenvalue weighted by Crippen LogP contribution is 2.27. The van der Waals surface area contributed by atoms with E-state index in [4.69, 9.17) is 4.52 Å². The van der Waals surface area contributed by atoms with Gasteiger partial charge in [-0.15, -0.1) is 0 Å². The lowest BCUT2D eigenvalue weighted by Gasteiger charge is -2.07. The Bertz CT molecular complexity index is 569. The van der Waals surface area contributed by atoms with E-state index in [0.29, 0.717) is 18.3 Å². The smallest absolute Gasteiger partial charge is 0.231 e. The van der Waals surface area contributed by atoms with Gasteiger partial charge in [0.2, 0.25) is 5.89 Å². The molecular weight excluding hydrogens is 306 g/mol. The number of rotatable bonds is 3. The fourth-order valence-electron chi connectivity index (χ4n) is 2.44. The summed E-state index contributed by atoms with van der Waals surface area (Å²) < 4.78 is 6.50. The number of aromatic nitrogens is 2. The van der Waals surface area contributed by atoms with E-state index in [0.717, 1.165) is 29.3 Å². The second-order valence-electron chi connectivity index (χ2n) is 5.06. The molecule has 1 N–H and O–H groups in total. The van der Waals surface area contributed by atoms with E-state index in [1.165, 1.54) is 5.56 Å². The van der Waals surface area contributed by atoms with Gasteiger partial charge >= 0.3 is 0 Å². The summed E-state index contributed by atoms with van der Waals surface area (Å²) in [7, 11) is 0. The SMILES string of the molecule is CC1CNCC1c1nc(Cc2ccccc2Br)no1. The Labute approximate surface area is 120 Å². The van der Waals surface area contributed by atoms with Gasteiger partial charge in [-0.25, -0.2) is 0 Å². The summed E-state index contributed by atoms with van der Waals surface area (Å²) in [4.78, 5) is 4.54. The molecule has 0 aliphatic carbocycles. The van der Waals surface area contributed by atoms with Crippen LogP contribution in [-0.4, -0.2) is 23.2 Å². The van der Waals surface area contributed by atoms with Crippen molar-refractivity contribution in [3.05, 3.63) is 46.0 Å². The van der Waals surface area contributed by atoms with Crippen molar-refractivity contribution in [2.45, 2.75) is 19.3 Å². The highest BCUT2D eigenvalue weighted by atomic mass is 79.9. The zero-order valence-electron chi connectivity index (χ0n) is 10.8. The maximum absolute atomic E-state index is 5.41. The molecule has 19 heavy (non-hydrogen) atoms. The Morgan fingerprint density at radius 1 is 1.37 bits per heavy atom. The number of nitrogens with zero attached hydrogens (tertiary/aromatic N) is 2. The zero-order chi connectivity index (χ0) is 13.2. The van der Waals surface area contributed by atoms with Crippen molar-refractivity contribution in [1.82, 2.24) is 15.5 Å². The zero-order valence-corrected chi connectivity index (χ0v) is 12.4. The lowest BCUT2D eigenvalue weighted by atomic mass is 9.98. The van der Waals surface area contributed by atoms with Crippen molar-refractivity contribution in [1.29, 1.82) is 0 Å². The summed E-state index contributed by atoms with van der Waals surface area (Å²) in [6.45, 7) is 4.16. The van der Waals surface area contributed by atoms with Crippen molar-refractivity contribution in [2.75, 3.05) is 13.1 Å². The molecule has 2 unspecified atom stereocenters. The van der Waals surface area contributed by atoms with Crippen molar-refractivity contribution in [2.24, 2.45) is 5.92 Å². The third kappa shape index (κ3) is 2.72. The summed E-state index contributed by atoms with van der Waals surface area (Å²) in [6.07, 6.45) is 0.694. The van der Waals surface area contributed by atoms with Crippen molar-refractivity contribution < 1.29 is 4.52 Å². The highest BCUT2D eigenvalue weighted by Gasteiger charge is 2.29. The molecule has 1 aliphatic heterocycles. The van der Waals surface area contributed by atoms with Gasteiger partial charge in [0.1, 0.15) is 0 Å². The molecule has 2 heterocycles. The third-order valence-corrected chi connectivity index (χ3v) is 4.40. The first-order valence-electron chi connectivity index (χ1n) is 6.50. The Morgan fingerprint density at radius 2 is 2.21 bits per heavy atom. The molecule has 5 heteroatoms. The van der Waals surface area contributed by atoms with Crippen LogP contribution in [-0.2, 0) is 6.42 Å². The first kappa shape index (κ1) is 12.8. The first-order chi connectivity index (χ1) is 9.24. The Hall–Kier alpha value is -1.20. The van der Waals surface area contributed by atoms with Gasteiger partial charge in [-0.1, -0.05) is 46.2 Å². The number of benzene rings is 1. The van der Waals surface area contributed by atoms with Crippen molar-refractivity contribution >= 4 is 15.9 Å². The molecule has 0 spiro atoms. The summed E-state index contributed by atoms with van der Waals surface area (Å²) in [6, 6.07) is 8.12. The van der Waals surface area contributed by atoms with Gasteiger partial charge in [-0.3, -0.25) is 0 Å². The normalized spacial score (nSPS) is 22.8. The van der Waals surface area contributed by atoms with Crippen molar-refractivity contribution in [3.63, 3.8) is 0 Å². The van der Waals surface area contributed by atoms with Crippen LogP contribution in [0.5, 0.6) is 0 Å². The summed E-state index contributed by atoms with van der Waals surface area (Å²) >= 11 is 3.54. The van der Waals surface area contributed by atoms with Crippen LogP contribution in [0.3, 0.4) is 0 Å². The second-order valence-corrected chi connectivity index (χ2v) is 5.91. The summed E-state index contributed by atoms with van der Waals surface area (Å²) in [5, 5.41) is 7.45. The molecule has 2 atom stereocenters. The monoisotopic (exact) mass is 321 g/mol. The molecule has 2 aromatic rings. The molecule has 1 fully saturated rings. The highest BCUT2D eigenvalue weighted by molar-refractivity contribution is 9.10. The van der Waals surface area contributed by atoms with E-state index in [-0.39, 0.29) is 0 Å². The molecule has 1 aromatic heterocycles. The van der Waals surface area contributed by atoms with Gasteiger partial charge in [0.25, 0.3) is 0 Å². The molecule has 0 saturated carbocycles. The quantitative estimate of drug-likeness (QED) is 0.944. The topological polar surface area (TPSA) is 51.0 Å².